The third kappa shape index (κ3) is 3.87. The Morgan fingerprint density at radius 3 is 2.69 bits per heavy atom. The van der Waals surface area contributed by atoms with Crippen LogP contribution in [-0.2, 0) is 4.79 Å². The zero-order chi connectivity index (χ0) is 22.8. The highest BCUT2D eigenvalue weighted by Crippen LogP contribution is 2.40. The van der Waals surface area contributed by atoms with E-state index in [4.69, 9.17) is 9.47 Å². The summed E-state index contributed by atoms with van der Waals surface area (Å²) in [6, 6.07) is 12.6. The van der Waals surface area contributed by atoms with Crippen LogP contribution in [0.1, 0.15) is 45.6 Å². The number of amides is 2. The second-order valence-electron chi connectivity index (χ2n) is 7.51. The lowest BCUT2D eigenvalue weighted by Gasteiger charge is -2.25. The van der Waals surface area contributed by atoms with Gasteiger partial charge in [0.05, 0.1) is 19.6 Å². The minimum Gasteiger partial charge on any atom is -0.493 e. The number of H-pyrrole nitrogens is 1. The fraction of sp³-hybridized carbons (Fsp3) is 0.250. The van der Waals surface area contributed by atoms with Gasteiger partial charge in [-0.15, -0.1) is 0 Å². The van der Waals surface area contributed by atoms with E-state index in [9.17, 15) is 9.59 Å². The standard InChI is InChI=1S/C24H24N4O4/c1-5-32-17-10-9-15(12-18(17)31-4)20-19-14(3)27-28-22(19)26-24(30)21(20)25-23(29)16-8-6-7-13(2)11-16/h6-12,20H,5H2,1-4H3,(H2,26,27,28,30)/t20-/m1/s1. The average molecular weight is 432 g/mol. The normalized spacial score (nSPS) is 16.4. The quantitative estimate of drug-likeness (QED) is 0.638. The molecule has 1 atom stereocenters. The molecule has 2 aromatic carbocycles. The minimum absolute atomic E-state index is 0.0970. The number of hydrogen-bond donors (Lipinski definition) is 2. The number of anilines is 1. The number of benzene rings is 2. The number of fused-ring (bicyclic) bond motifs is 1. The smallest absolute Gasteiger partial charge is 0.277 e. The summed E-state index contributed by atoms with van der Waals surface area (Å²) in [5.74, 6) is -0.00258. The van der Waals surface area contributed by atoms with Gasteiger partial charge in [-0.1, -0.05) is 23.8 Å². The Hall–Kier alpha value is -3.94. The van der Waals surface area contributed by atoms with Crippen molar-refractivity contribution in [1.29, 1.82) is 0 Å². The fourth-order valence-electron chi connectivity index (χ4n) is 3.86. The van der Waals surface area contributed by atoms with E-state index in [1.54, 1.807) is 37.4 Å². The van der Waals surface area contributed by atoms with Gasteiger partial charge in [-0.3, -0.25) is 14.7 Å². The lowest BCUT2D eigenvalue weighted by Crippen LogP contribution is -2.35. The molecule has 0 spiro atoms. The first kappa shape index (κ1) is 21.3. The molecule has 1 aliphatic rings. The molecule has 0 unspecified atom stereocenters. The molecule has 32 heavy (non-hydrogen) atoms. The van der Waals surface area contributed by atoms with Crippen LogP contribution in [0.2, 0.25) is 0 Å². The summed E-state index contributed by atoms with van der Waals surface area (Å²) in [5, 5.41) is 9.85. The minimum atomic E-state index is -0.601. The predicted octanol–water partition coefficient (Wildman–Crippen LogP) is 3.80. The highest BCUT2D eigenvalue weighted by Gasteiger charge is 2.37. The molecule has 3 aromatic rings. The topological polar surface area (TPSA) is 106 Å². The zero-order valence-corrected chi connectivity index (χ0v) is 18.4. The van der Waals surface area contributed by atoms with E-state index in [1.165, 1.54) is 0 Å². The first-order chi connectivity index (χ1) is 15.4. The molecule has 8 nitrogen and oxygen atoms in total. The fourth-order valence-corrected chi connectivity index (χ4v) is 3.86. The SMILES string of the molecule is CCOc1ccc([C@H]2C(=NC(=O)c3cccc(C)c3)C(=O)Nc3n[nH]c(C)c32)cc1OC. The number of carbonyl (C=O) groups excluding carboxylic acids is 2. The average Bonchev–Trinajstić information content (AvgIpc) is 3.14. The van der Waals surface area contributed by atoms with Gasteiger partial charge in [0.25, 0.3) is 11.8 Å². The molecule has 0 saturated heterocycles. The number of aliphatic imine (C=N–C) groups is 1. The maximum atomic E-state index is 13.0. The van der Waals surface area contributed by atoms with Crippen LogP contribution in [0.3, 0.4) is 0 Å². The lowest BCUT2D eigenvalue weighted by molar-refractivity contribution is -0.110. The van der Waals surface area contributed by atoms with E-state index >= 15 is 0 Å². The maximum Gasteiger partial charge on any atom is 0.277 e. The summed E-state index contributed by atoms with van der Waals surface area (Å²) in [7, 11) is 1.56. The number of carbonyl (C=O) groups is 2. The Morgan fingerprint density at radius 1 is 1.16 bits per heavy atom. The summed E-state index contributed by atoms with van der Waals surface area (Å²) in [4.78, 5) is 30.2. The van der Waals surface area contributed by atoms with Gasteiger partial charge in [-0.2, -0.15) is 5.10 Å². The number of ether oxygens (including phenoxy) is 2. The molecule has 8 heteroatoms. The van der Waals surface area contributed by atoms with Gasteiger partial charge in [-0.25, -0.2) is 4.99 Å². The first-order valence-corrected chi connectivity index (χ1v) is 10.3. The van der Waals surface area contributed by atoms with Crippen molar-refractivity contribution in [3.05, 3.63) is 70.4 Å². The number of methoxy groups -OCH3 is 1. The van der Waals surface area contributed by atoms with Gasteiger partial charge in [0.15, 0.2) is 17.3 Å². The zero-order valence-electron chi connectivity index (χ0n) is 18.4. The van der Waals surface area contributed by atoms with Crippen LogP contribution < -0.4 is 14.8 Å². The number of rotatable bonds is 5. The van der Waals surface area contributed by atoms with Gasteiger partial charge < -0.3 is 14.8 Å². The number of aromatic amines is 1. The molecule has 0 fully saturated rings. The molecule has 1 aliphatic heterocycles. The molecule has 2 heterocycles. The summed E-state index contributed by atoms with van der Waals surface area (Å²) < 4.78 is 11.1. The first-order valence-electron chi connectivity index (χ1n) is 10.3. The van der Waals surface area contributed by atoms with Crippen LogP contribution in [0.5, 0.6) is 11.5 Å². The Labute approximate surface area is 185 Å². The summed E-state index contributed by atoms with van der Waals surface area (Å²) in [6.45, 7) is 6.14. The van der Waals surface area contributed by atoms with Gasteiger partial charge in [0.2, 0.25) is 0 Å². The molecular formula is C24H24N4O4. The van der Waals surface area contributed by atoms with E-state index in [-0.39, 0.29) is 5.71 Å². The van der Waals surface area contributed by atoms with Crippen molar-refractivity contribution in [2.45, 2.75) is 26.7 Å². The largest absolute Gasteiger partial charge is 0.493 e. The van der Waals surface area contributed by atoms with Gasteiger partial charge in [-0.05, 0) is 50.6 Å². The molecule has 0 aliphatic carbocycles. The molecule has 4 rings (SSSR count). The number of nitrogens with one attached hydrogen (secondary N) is 2. The van der Waals surface area contributed by atoms with E-state index in [2.05, 4.69) is 20.5 Å². The number of aromatic nitrogens is 2. The van der Waals surface area contributed by atoms with Crippen molar-refractivity contribution in [3.8, 4) is 11.5 Å². The highest BCUT2D eigenvalue weighted by molar-refractivity contribution is 6.48. The van der Waals surface area contributed by atoms with E-state index in [0.717, 1.165) is 22.4 Å². The van der Waals surface area contributed by atoms with E-state index in [0.29, 0.717) is 29.5 Å². The van der Waals surface area contributed by atoms with Crippen molar-refractivity contribution in [2.75, 3.05) is 19.0 Å². The van der Waals surface area contributed by atoms with Crippen LogP contribution in [-0.4, -0.2) is 41.4 Å². The van der Waals surface area contributed by atoms with Gasteiger partial charge in [0, 0.05) is 16.8 Å². The van der Waals surface area contributed by atoms with E-state index < -0.39 is 17.7 Å². The Kier molecular flexibility index (Phi) is 5.77. The van der Waals surface area contributed by atoms with Crippen LogP contribution in [0.4, 0.5) is 5.82 Å². The predicted molar refractivity (Wildman–Crippen MR) is 121 cm³/mol. The van der Waals surface area contributed by atoms with Gasteiger partial charge in [0.1, 0.15) is 5.71 Å². The maximum absolute atomic E-state index is 13.0. The Morgan fingerprint density at radius 2 is 1.97 bits per heavy atom. The third-order valence-electron chi connectivity index (χ3n) is 5.33. The molecule has 0 saturated carbocycles. The van der Waals surface area contributed by atoms with Crippen molar-refractivity contribution < 1.29 is 19.1 Å². The van der Waals surface area contributed by atoms with Crippen molar-refractivity contribution in [1.82, 2.24) is 10.2 Å². The number of nitrogens with zero attached hydrogens (tertiary/aromatic N) is 2. The van der Waals surface area contributed by atoms with Crippen molar-refractivity contribution >= 4 is 23.3 Å². The molecule has 164 valence electrons. The van der Waals surface area contributed by atoms with Gasteiger partial charge >= 0.3 is 0 Å². The Bertz CT molecular complexity index is 1230. The molecule has 2 amide bonds. The highest BCUT2D eigenvalue weighted by atomic mass is 16.5. The summed E-state index contributed by atoms with van der Waals surface area (Å²) >= 11 is 0. The molecule has 2 N–H and O–H groups in total. The van der Waals surface area contributed by atoms with Crippen LogP contribution in [0.15, 0.2) is 47.5 Å². The Balaban J connectivity index is 1.86. The molecule has 1 aromatic heterocycles. The van der Waals surface area contributed by atoms with Crippen LogP contribution >= 0.6 is 0 Å². The molecule has 0 bridgehead atoms. The van der Waals surface area contributed by atoms with Crippen molar-refractivity contribution in [3.63, 3.8) is 0 Å². The van der Waals surface area contributed by atoms with Crippen molar-refractivity contribution in [2.24, 2.45) is 4.99 Å². The monoisotopic (exact) mass is 432 g/mol. The summed E-state index contributed by atoms with van der Waals surface area (Å²) in [5.41, 5.74) is 3.72. The third-order valence-corrected chi connectivity index (χ3v) is 5.33. The molecule has 0 radical (unpaired) electrons. The molecular weight excluding hydrogens is 408 g/mol. The number of hydrogen-bond acceptors (Lipinski definition) is 5. The second-order valence-corrected chi connectivity index (χ2v) is 7.51. The summed E-state index contributed by atoms with van der Waals surface area (Å²) in [6.07, 6.45) is 0. The van der Waals surface area contributed by atoms with E-state index in [1.807, 2.05) is 32.9 Å². The van der Waals surface area contributed by atoms with Crippen LogP contribution in [0, 0.1) is 13.8 Å². The second kappa shape index (κ2) is 8.66. The van der Waals surface area contributed by atoms with Crippen LogP contribution in [0.25, 0.3) is 0 Å². The number of aryl methyl sites for hydroxylation is 2. The lowest BCUT2D eigenvalue weighted by atomic mass is 9.84.